The van der Waals surface area contributed by atoms with Crippen LogP contribution < -0.4 is 10.6 Å². The number of amides is 1. The highest BCUT2D eigenvalue weighted by Gasteiger charge is 2.26. The Morgan fingerprint density at radius 2 is 1.96 bits per heavy atom. The number of methoxy groups -OCH3 is 1. The zero-order chi connectivity index (χ0) is 19.2. The van der Waals surface area contributed by atoms with Gasteiger partial charge in [0.05, 0.1) is 12.8 Å². The maximum atomic E-state index is 12.0. The van der Waals surface area contributed by atoms with Gasteiger partial charge in [0.2, 0.25) is 0 Å². The summed E-state index contributed by atoms with van der Waals surface area (Å²) in [7, 11) is 3.02. The van der Waals surface area contributed by atoms with Crippen LogP contribution in [0.3, 0.4) is 0 Å². The van der Waals surface area contributed by atoms with Gasteiger partial charge in [-0.15, -0.1) is 0 Å². The van der Waals surface area contributed by atoms with Gasteiger partial charge in [0.25, 0.3) is 0 Å². The molecule has 1 rings (SSSR count). The van der Waals surface area contributed by atoms with Crippen LogP contribution in [0, 0.1) is 5.41 Å². The summed E-state index contributed by atoms with van der Waals surface area (Å²) in [6, 6.07) is -0.877. The Morgan fingerprint density at radius 1 is 1.32 bits per heavy atom. The number of ether oxygens (including phenoxy) is 2. The lowest BCUT2D eigenvalue weighted by atomic mass is 9.91. The first-order valence-electron chi connectivity index (χ1n) is 8.00. The molecule has 138 valence electrons. The molecule has 7 heteroatoms. The summed E-state index contributed by atoms with van der Waals surface area (Å²) in [5, 5.41) is 13.5. The van der Waals surface area contributed by atoms with Crippen molar-refractivity contribution in [2.24, 2.45) is 0 Å². The summed E-state index contributed by atoms with van der Waals surface area (Å²) in [4.78, 5) is 24.0. The Hall–Kier alpha value is -2.57. The minimum absolute atomic E-state index is 0.234. The summed E-state index contributed by atoms with van der Waals surface area (Å²) in [5.74, 6) is -0.558. The molecular formula is C18H27N3O4. The van der Waals surface area contributed by atoms with E-state index in [2.05, 4.69) is 10.6 Å². The van der Waals surface area contributed by atoms with Crippen LogP contribution in [0.15, 0.2) is 35.1 Å². The maximum Gasteiger partial charge on any atom is 0.408 e. The van der Waals surface area contributed by atoms with Gasteiger partial charge in [-0.2, -0.15) is 0 Å². The van der Waals surface area contributed by atoms with Crippen molar-refractivity contribution in [1.82, 2.24) is 10.6 Å². The van der Waals surface area contributed by atoms with Gasteiger partial charge in [-0.1, -0.05) is 6.08 Å². The predicted molar refractivity (Wildman–Crippen MR) is 96.5 cm³/mol. The molecule has 1 aliphatic carbocycles. The summed E-state index contributed by atoms with van der Waals surface area (Å²) < 4.78 is 9.98. The molecule has 0 aliphatic heterocycles. The van der Waals surface area contributed by atoms with Crippen LogP contribution in [0.5, 0.6) is 0 Å². The van der Waals surface area contributed by atoms with Crippen LogP contribution in [0.4, 0.5) is 4.79 Å². The molecule has 0 aromatic carbocycles. The number of nitrogens with one attached hydrogen (secondary N) is 3. The maximum absolute atomic E-state index is 12.0. The van der Waals surface area contributed by atoms with Crippen LogP contribution in [0.1, 0.15) is 34.1 Å². The van der Waals surface area contributed by atoms with Gasteiger partial charge in [-0.25, -0.2) is 9.59 Å². The number of esters is 1. The Kier molecular flexibility index (Phi) is 6.97. The molecule has 1 amide bonds. The van der Waals surface area contributed by atoms with Gasteiger partial charge in [0.15, 0.2) is 0 Å². The topological polar surface area (TPSA) is 101 Å². The molecule has 1 aliphatic rings. The van der Waals surface area contributed by atoms with Gasteiger partial charge < -0.3 is 20.1 Å². The largest absolute Gasteiger partial charge is 0.467 e. The molecule has 0 aromatic heterocycles. The van der Waals surface area contributed by atoms with Gasteiger partial charge in [0, 0.05) is 25.2 Å². The van der Waals surface area contributed by atoms with Crippen molar-refractivity contribution in [2.45, 2.75) is 45.8 Å². The second-order valence-corrected chi connectivity index (χ2v) is 6.74. The molecule has 0 bridgehead atoms. The molecule has 25 heavy (non-hydrogen) atoms. The fraction of sp³-hybridized carbons (Fsp3) is 0.500. The fourth-order valence-electron chi connectivity index (χ4n) is 2.30. The minimum atomic E-state index is -0.877. The van der Waals surface area contributed by atoms with Crippen molar-refractivity contribution in [3.63, 3.8) is 0 Å². The molecule has 0 saturated carbocycles. The third-order valence-electron chi connectivity index (χ3n) is 3.34. The van der Waals surface area contributed by atoms with Crippen LogP contribution in [0.25, 0.3) is 0 Å². The number of alkyl carbamates (subject to hydrolysis) is 1. The Morgan fingerprint density at radius 3 is 2.48 bits per heavy atom. The number of allylic oxidation sites excluding steroid dienone is 4. The standard InChI is InChI=1S/C18H27N3O4/c1-11-7-12(8-13(10-20-5)15(11)19)9-14(16(22)24-6)21-17(23)25-18(2,3)4/h7-8,10,14,19-20H,9H2,1-6H3,(H,21,23)/b13-10-,19-15?/t14-/m1/s1. The predicted octanol–water partition coefficient (Wildman–Crippen LogP) is 2.45. The first-order chi connectivity index (χ1) is 11.6. The first-order valence-corrected chi connectivity index (χ1v) is 8.00. The summed E-state index contributed by atoms with van der Waals surface area (Å²) in [6.45, 7) is 7.06. The van der Waals surface area contributed by atoms with E-state index in [4.69, 9.17) is 14.9 Å². The smallest absolute Gasteiger partial charge is 0.408 e. The highest BCUT2D eigenvalue weighted by molar-refractivity contribution is 6.13. The van der Waals surface area contributed by atoms with E-state index in [-0.39, 0.29) is 6.42 Å². The van der Waals surface area contributed by atoms with E-state index < -0.39 is 23.7 Å². The zero-order valence-electron chi connectivity index (χ0n) is 15.6. The molecule has 0 fully saturated rings. The third-order valence-corrected chi connectivity index (χ3v) is 3.34. The number of hydrogen-bond acceptors (Lipinski definition) is 6. The molecule has 0 spiro atoms. The molecule has 1 atom stereocenters. The monoisotopic (exact) mass is 349 g/mol. The molecule has 0 heterocycles. The van der Waals surface area contributed by atoms with Crippen molar-refractivity contribution >= 4 is 17.8 Å². The summed E-state index contributed by atoms with van der Waals surface area (Å²) in [6.07, 6.45) is 4.89. The molecule has 0 saturated heterocycles. The van der Waals surface area contributed by atoms with E-state index in [0.29, 0.717) is 11.3 Å². The van der Waals surface area contributed by atoms with Gasteiger partial charge in [-0.3, -0.25) is 5.41 Å². The van der Waals surface area contributed by atoms with Crippen LogP contribution in [-0.4, -0.2) is 43.6 Å². The molecule has 0 radical (unpaired) electrons. The molecule has 0 aromatic rings. The van der Waals surface area contributed by atoms with Crippen molar-refractivity contribution in [1.29, 1.82) is 5.41 Å². The molecule has 7 nitrogen and oxygen atoms in total. The van der Waals surface area contributed by atoms with Crippen molar-refractivity contribution in [3.8, 4) is 0 Å². The van der Waals surface area contributed by atoms with Crippen molar-refractivity contribution in [3.05, 3.63) is 35.1 Å². The van der Waals surface area contributed by atoms with E-state index in [1.807, 2.05) is 13.0 Å². The van der Waals surface area contributed by atoms with Crippen LogP contribution in [-0.2, 0) is 14.3 Å². The average molecular weight is 349 g/mol. The minimum Gasteiger partial charge on any atom is -0.467 e. The second kappa shape index (κ2) is 8.50. The number of carbonyl (C=O) groups excluding carboxylic acids is 2. The van der Waals surface area contributed by atoms with Crippen molar-refractivity contribution in [2.75, 3.05) is 14.2 Å². The molecule has 0 unspecified atom stereocenters. The van der Waals surface area contributed by atoms with E-state index >= 15 is 0 Å². The van der Waals surface area contributed by atoms with Crippen LogP contribution >= 0.6 is 0 Å². The first kappa shape index (κ1) is 20.5. The Labute approximate surface area is 148 Å². The third kappa shape index (κ3) is 6.45. The summed E-state index contributed by atoms with van der Waals surface area (Å²) >= 11 is 0. The highest BCUT2D eigenvalue weighted by atomic mass is 16.6. The van der Waals surface area contributed by atoms with E-state index in [1.54, 1.807) is 40.1 Å². The van der Waals surface area contributed by atoms with E-state index in [9.17, 15) is 9.59 Å². The Bertz CT molecular complexity index is 639. The van der Waals surface area contributed by atoms with E-state index in [1.165, 1.54) is 7.11 Å². The lowest BCUT2D eigenvalue weighted by Crippen LogP contribution is -2.44. The Balaban J connectivity index is 2.97. The lowest BCUT2D eigenvalue weighted by molar-refractivity contribution is -0.143. The normalized spacial score (nSPS) is 17.4. The highest BCUT2D eigenvalue weighted by Crippen LogP contribution is 2.22. The quantitative estimate of drug-likeness (QED) is 0.662. The lowest BCUT2D eigenvalue weighted by Gasteiger charge is -2.23. The summed E-state index contributed by atoms with van der Waals surface area (Å²) in [5.41, 5.74) is 2.04. The average Bonchev–Trinajstić information content (AvgIpc) is 2.49. The second-order valence-electron chi connectivity index (χ2n) is 6.74. The van der Waals surface area contributed by atoms with Gasteiger partial charge >= 0.3 is 12.1 Å². The SMILES string of the molecule is CN/C=C1/C=C(C[C@@H](NC(=O)OC(C)(C)C)C(=O)OC)C=C(C)C1=N. The van der Waals surface area contributed by atoms with E-state index in [0.717, 1.165) is 11.1 Å². The fourth-order valence-corrected chi connectivity index (χ4v) is 2.30. The van der Waals surface area contributed by atoms with Crippen molar-refractivity contribution < 1.29 is 19.1 Å². The zero-order valence-corrected chi connectivity index (χ0v) is 15.6. The molecule has 3 N–H and O–H groups in total. The number of carbonyl (C=O) groups is 2. The number of hydrogen-bond donors (Lipinski definition) is 3. The number of rotatable bonds is 5. The van der Waals surface area contributed by atoms with Gasteiger partial charge in [0.1, 0.15) is 11.6 Å². The van der Waals surface area contributed by atoms with Gasteiger partial charge in [-0.05, 0) is 44.9 Å². The molecular weight excluding hydrogens is 322 g/mol. The van der Waals surface area contributed by atoms with Crippen LogP contribution in [0.2, 0.25) is 0 Å².